The summed E-state index contributed by atoms with van der Waals surface area (Å²) in [6, 6.07) is 12.9. The van der Waals surface area contributed by atoms with Gasteiger partial charge in [-0.25, -0.2) is 8.42 Å². The highest BCUT2D eigenvalue weighted by atomic mass is 35.5. The van der Waals surface area contributed by atoms with Crippen molar-refractivity contribution in [2.24, 2.45) is 0 Å². The predicted molar refractivity (Wildman–Crippen MR) is 150 cm³/mol. The summed E-state index contributed by atoms with van der Waals surface area (Å²) in [5.41, 5.74) is 1.60. The second kappa shape index (κ2) is 9.77. The van der Waals surface area contributed by atoms with Crippen LogP contribution in [0.4, 0.5) is 5.69 Å². The molecule has 198 valence electrons. The summed E-state index contributed by atoms with van der Waals surface area (Å²) in [5.74, 6) is -1.12. The summed E-state index contributed by atoms with van der Waals surface area (Å²) in [5, 5.41) is 14.4. The Labute approximate surface area is 232 Å². The fourth-order valence-corrected chi connectivity index (χ4v) is 8.25. The zero-order valence-corrected chi connectivity index (χ0v) is 23.3. The number of benzene rings is 3. The van der Waals surface area contributed by atoms with Crippen LogP contribution >= 0.6 is 35.0 Å². The van der Waals surface area contributed by atoms with Crippen molar-refractivity contribution in [1.29, 1.82) is 0 Å². The van der Waals surface area contributed by atoms with Crippen LogP contribution in [0, 0.1) is 0 Å². The number of carbonyl (C=O) groups excluding carboxylic acids is 1. The number of nitrogens with zero attached hydrogens (tertiary/aromatic N) is 1. The Hall–Kier alpha value is -2.76. The van der Waals surface area contributed by atoms with Crippen LogP contribution in [-0.4, -0.2) is 52.8 Å². The van der Waals surface area contributed by atoms with Gasteiger partial charge < -0.3 is 14.8 Å². The molecule has 1 fully saturated rings. The molecule has 0 bridgehead atoms. The topological polar surface area (TPSA) is 117 Å². The van der Waals surface area contributed by atoms with Crippen LogP contribution in [0.25, 0.3) is 21.9 Å². The quantitative estimate of drug-likeness (QED) is 0.287. The highest BCUT2D eigenvalue weighted by Gasteiger charge is 2.48. The number of hydrogen-bond acceptors (Lipinski definition) is 6. The number of anilines is 1. The van der Waals surface area contributed by atoms with Crippen molar-refractivity contribution in [1.82, 2.24) is 4.31 Å². The van der Waals surface area contributed by atoms with Crippen molar-refractivity contribution in [3.05, 3.63) is 70.2 Å². The molecule has 1 unspecified atom stereocenters. The third-order valence-corrected chi connectivity index (χ3v) is 10.2. The van der Waals surface area contributed by atoms with Gasteiger partial charge in [0.1, 0.15) is 17.2 Å². The summed E-state index contributed by atoms with van der Waals surface area (Å²) >= 11 is 13.5. The minimum absolute atomic E-state index is 0.0172. The molecule has 12 heteroatoms. The second-order valence-corrected chi connectivity index (χ2v) is 13.8. The molecule has 0 aliphatic carbocycles. The molecular formula is C26H22Cl2N2O6S2. The molecule has 4 aromatic rings. The molecule has 1 aliphatic heterocycles. The first kappa shape index (κ1) is 26.8. The van der Waals surface area contributed by atoms with E-state index in [1.807, 2.05) is 0 Å². The highest BCUT2D eigenvalue weighted by Crippen LogP contribution is 2.39. The number of carboxylic acid groups (broad SMARTS) is 1. The summed E-state index contributed by atoms with van der Waals surface area (Å²) < 4.78 is 33.4. The number of rotatable bonds is 5. The van der Waals surface area contributed by atoms with Gasteiger partial charge in [0.25, 0.3) is 5.91 Å². The molecule has 5 rings (SSSR count). The van der Waals surface area contributed by atoms with Crippen molar-refractivity contribution in [2.45, 2.75) is 29.5 Å². The maximum atomic E-state index is 13.6. The van der Waals surface area contributed by atoms with Gasteiger partial charge in [0.2, 0.25) is 10.0 Å². The Morgan fingerprint density at radius 1 is 1.05 bits per heavy atom. The predicted octanol–water partition coefficient (Wildman–Crippen LogP) is 6.11. The number of aliphatic carboxylic acids is 1. The molecule has 1 aliphatic rings. The Bertz CT molecular complexity index is 1720. The normalized spacial score (nSPS) is 18.1. The number of carbonyl (C=O) groups is 2. The zero-order chi connectivity index (χ0) is 27.4. The number of hydrogen-bond donors (Lipinski definition) is 2. The fourth-order valence-electron chi connectivity index (χ4n) is 4.63. The lowest BCUT2D eigenvalue weighted by Gasteiger charge is -2.42. The molecule has 1 saturated heterocycles. The van der Waals surface area contributed by atoms with Gasteiger partial charge in [-0.1, -0.05) is 23.2 Å². The lowest BCUT2D eigenvalue weighted by Crippen LogP contribution is -2.58. The summed E-state index contributed by atoms with van der Waals surface area (Å²) in [4.78, 5) is 24.7. The molecule has 2 heterocycles. The van der Waals surface area contributed by atoms with Crippen molar-refractivity contribution in [3.63, 3.8) is 0 Å². The smallest absolute Gasteiger partial charge is 0.323 e. The van der Waals surface area contributed by atoms with E-state index in [0.29, 0.717) is 38.4 Å². The number of nitrogens with one attached hydrogen (secondary N) is 1. The van der Waals surface area contributed by atoms with Crippen LogP contribution in [0.1, 0.15) is 24.2 Å². The first-order valence-electron chi connectivity index (χ1n) is 11.5. The number of fused-ring (bicyclic) bond motifs is 3. The Kier molecular flexibility index (Phi) is 6.90. The monoisotopic (exact) mass is 592 g/mol. The molecule has 0 saturated carbocycles. The number of amides is 1. The Morgan fingerprint density at radius 3 is 2.53 bits per heavy atom. The lowest BCUT2D eigenvalue weighted by atomic mass is 10.0. The van der Waals surface area contributed by atoms with Crippen molar-refractivity contribution in [2.75, 3.05) is 17.6 Å². The minimum atomic E-state index is -4.11. The standard InChI is InChI=1S/C26H22Cl2N2O6S2/c1-26(2)23(25(32)33)30(9-10-37-26)38(34,35)16-5-8-21-19(13-16)17-7-4-15(12-22(17)36-21)29-24(31)18-6-3-14(27)11-20(18)28/h3-8,11-13,23H,9-10H2,1-2H3,(H,29,31)(H,32,33). The minimum Gasteiger partial charge on any atom is -0.480 e. The molecular weight excluding hydrogens is 571 g/mol. The van der Waals surface area contributed by atoms with Crippen molar-refractivity contribution >= 4 is 84.5 Å². The average Bonchev–Trinajstić information content (AvgIpc) is 3.19. The average molecular weight is 594 g/mol. The largest absolute Gasteiger partial charge is 0.480 e. The summed E-state index contributed by atoms with van der Waals surface area (Å²) in [7, 11) is -4.11. The van der Waals surface area contributed by atoms with E-state index in [1.54, 1.807) is 44.2 Å². The van der Waals surface area contributed by atoms with Crippen LogP contribution in [-0.2, 0) is 14.8 Å². The number of carboxylic acids is 1. The molecule has 0 radical (unpaired) electrons. The number of sulfonamides is 1. The molecule has 3 aromatic carbocycles. The highest BCUT2D eigenvalue weighted by molar-refractivity contribution is 8.00. The van der Waals surface area contributed by atoms with Crippen LogP contribution < -0.4 is 5.32 Å². The van der Waals surface area contributed by atoms with Gasteiger partial charge in [-0.15, -0.1) is 0 Å². The Morgan fingerprint density at radius 2 is 1.82 bits per heavy atom. The van der Waals surface area contributed by atoms with Crippen molar-refractivity contribution < 1.29 is 27.5 Å². The van der Waals surface area contributed by atoms with Gasteiger partial charge in [-0.05, 0) is 62.4 Å². The van der Waals surface area contributed by atoms with E-state index in [4.69, 9.17) is 27.6 Å². The van der Waals surface area contributed by atoms with Crippen LogP contribution in [0.3, 0.4) is 0 Å². The van der Waals surface area contributed by atoms with Crippen LogP contribution in [0.2, 0.25) is 10.0 Å². The van der Waals surface area contributed by atoms with Gasteiger partial charge in [0, 0.05) is 44.6 Å². The molecule has 1 amide bonds. The third-order valence-electron chi connectivity index (χ3n) is 6.45. The van der Waals surface area contributed by atoms with Crippen LogP contribution in [0.5, 0.6) is 0 Å². The Balaban J connectivity index is 1.49. The van der Waals surface area contributed by atoms with Crippen LogP contribution in [0.15, 0.2) is 63.9 Å². The molecule has 1 aromatic heterocycles. The van der Waals surface area contributed by atoms with Gasteiger partial charge in [0.15, 0.2) is 0 Å². The third kappa shape index (κ3) is 4.76. The first-order chi connectivity index (χ1) is 17.9. The molecule has 2 N–H and O–H groups in total. The van der Waals surface area contributed by atoms with Gasteiger partial charge >= 0.3 is 5.97 Å². The maximum Gasteiger partial charge on any atom is 0.323 e. The lowest BCUT2D eigenvalue weighted by molar-refractivity contribution is -0.142. The van der Waals surface area contributed by atoms with E-state index in [9.17, 15) is 23.1 Å². The molecule has 0 spiro atoms. The number of thioether (sulfide) groups is 1. The van der Waals surface area contributed by atoms with E-state index >= 15 is 0 Å². The van der Waals surface area contributed by atoms with E-state index in [0.717, 1.165) is 4.31 Å². The first-order valence-corrected chi connectivity index (χ1v) is 14.7. The number of halogens is 2. The van der Waals surface area contributed by atoms with Crippen molar-refractivity contribution in [3.8, 4) is 0 Å². The van der Waals surface area contributed by atoms with Gasteiger partial charge in [0.05, 0.1) is 15.5 Å². The summed E-state index contributed by atoms with van der Waals surface area (Å²) in [6.45, 7) is 3.57. The van der Waals surface area contributed by atoms with E-state index in [-0.39, 0.29) is 22.0 Å². The summed E-state index contributed by atoms with van der Waals surface area (Å²) in [6.07, 6.45) is 0. The molecule has 8 nitrogen and oxygen atoms in total. The SMILES string of the molecule is CC1(C)SCCN(S(=O)(=O)c2ccc3oc4cc(NC(=O)c5ccc(Cl)cc5Cl)ccc4c3c2)C1C(=O)O. The number of furan rings is 1. The molecule has 38 heavy (non-hydrogen) atoms. The zero-order valence-electron chi connectivity index (χ0n) is 20.2. The molecule has 1 atom stereocenters. The van der Waals surface area contributed by atoms with E-state index in [1.165, 1.54) is 36.0 Å². The van der Waals surface area contributed by atoms with E-state index < -0.39 is 32.7 Å². The maximum absolute atomic E-state index is 13.6. The second-order valence-electron chi connectivity index (χ2n) is 9.36. The van der Waals surface area contributed by atoms with Gasteiger partial charge in [-0.2, -0.15) is 16.1 Å². The van der Waals surface area contributed by atoms with Gasteiger partial charge in [-0.3, -0.25) is 9.59 Å². The fraction of sp³-hybridized carbons (Fsp3) is 0.231. The van der Waals surface area contributed by atoms with E-state index in [2.05, 4.69) is 5.32 Å².